The van der Waals surface area contributed by atoms with Gasteiger partial charge < -0.3 is 9.84 Å². The van der Waals surface area contributed by atoms with Gasteiger partial charge in [0.1, 0.15) is 5.75 Å². The molecule has 0 aliphatic rings. The Balaban J connectivity index is 2.26. The highest BCUT2D eigenvalue weighted by atomic mass is 16.5. The van der Waals surface area contributed by atoms with E-state index >= 15 is 0 Å². The van der Waals surface area contributed by atoms with E-state index in [0.717, 1.165) is 28.0 Å². The van der Waals surface area contributed by atoms with Gasteiger partial charge in [-0.3, -0.25) is 0 Å². The highest BCUT2D eigenvalue weighted by Crippen LogP contribution is 2.31. The average Bonchev–Trinajstić information content (AvgIpc) is 2.47. The Bertz CT molecular complexity index is 697. The summed E-state index contributed by atoms with van der Waals surface area (Å²) in [6.07, 6.45) is 1.88. The molecule has 2 rings (SSSR count). The summed E-state index contributed by atoms with van der Waals surface area (Å²) in [6.45, 7) is 3.88. The van der Waals surface area contributed by atoms with Gasteiger partial charge in [-0.15, -0.1) is 0 Å². The maximum absolute atomic E-state index is 10.7. The lowest BCUT2D eigenvalue weighted by Gasteiger charge is -2.10. The summed E-state index contributed by atoms with van der Waals surface area (Å²) in [5.74, 6) is -0.0566. The Labute approximate surface area is 130 Å². The Morgan fingerprint density at radius 1 is 1.18 bits per heavy atom. The van der Waals surface area contributed by atoms with E-state index in [2.05, 4.69) is 13.0 Å². The summed E-state index contributed by atoms with van der Waals surface area (Å²) in [4.78, 5) is 10.7. The summed E-state index contributed by atoms with van der Waals surface area (Å²) in [5, 5.41) is 8.75. The number of methoxy groups -OCH3 is 1. The van der Waals surface area contributed by atoms with E-state index in [-0.39, 0.29) is 0 Å². The van der Waals surface area contributed by atoms with Crippen LogP contribution >= 0.6 is 0 Å². The number of aliphatic carboxylic acids is 1. The number of carboxylic acid groups (broad SMARTS) is 1. The molecule has 0 fully saturated rings. The zero-order valence-corrected chi connectivity index (χ0v) is 13.1. The minimum Gasteiger partial charge on any atom is -0.496 e. The summed E-state index contributed by atoms with van der Waals surface area (Å²) >= 11 is 0. The maximum atomic E-state index is 10.7. The fourth-order valence-electron chi connectivity index (χ4n) is 2.43. The molecule has 2 aromatic carbocycles. The van der Waals surface area contributed by atoms with Crippen LogP contribution in [0.25, 0.3) is 11.1 Å². The fourth-order valence-corrected chi connectivity index (χ4v) is 2.43. The SMILES string of the molecule is COc1ccc(C)cc1-c1ccc(C/C(C)=C/C(=O)O)cc1. The van der Waals surface area contributed by atoms with Gasteiger partial charge in [-0.2, -0.15) is 0 Å². The highest BCUT2D eigenvalue weighted by Gasteiger charge is 2.06. The first-order valence-electron chi connectivity index (χ1n) is 7.13. The van der Waals surface area contributed by atoms with Crippen LogP contribution in [0.2, 0.25) is 0 Å². The van der Waals surface area contributed by atoms with E-state index in [1.54, 1.807) is 7.11 Å². The van der Waals surface area contributed by atoms with E-state index < -0.39 is 5.97 Å². The van der Waals surface area contributed by atoms with Crippen LogP contribution < -0.4 is 4.74 Å². The molecule has 0 amide bonds. The molecule has 1 N–H and O–H groups in total. The van der Waals surface area contributed by atoms with Crippen LogP contribution in [-0.4, -0.2) is 18.2 Å². The molecule has 3 nitrogen and oxygen atoms in total. The molecule has 0 spiro atoms. The van der Waals surface area contributed by atoms with Crippen molar-refractivity contribution < 1.29 is 14.6 Å². The lowest BCUT2D eigenvalue weighted by Crippen LogP contribution is -1.94. The second-order valence-electron chi connectivity index (χ2n) is 5.41. The molecule has 2 aromatic rings. The van der Waals surface area contributed by atoms with Crippen molar-refractivity contribution in [2.75, 3.05) is 7.11 Å². The third-order valence-corrected chi connectivity index (χ3v) is 3.47. The quantitative estimate of drug-likeness (QED) is 0.839. The van der Waals surface area contributed by atoms with Crippen LogP contribution in [-0.2, 0) is 11.2 Å². The highest BCUT2D eigenvalue weighted by molar-refractivity contribution is 5.80. The fraction of sp³-hybridized carbons (Fsp3) is 0.211. The number of carbonyl (C=O) groups is 1. The van der Waals surface area contributed by atoms with Gasteiger partial charge in [-0.05, 0) is 43.5 Å². The van der Waals surface area contributed by atoms with Gasteiger partial charge in [-0.1, -0.05) is 41.5 Å². The molecule has 0 radical (unpaired) electrons. The third kappa shape index (κ3) is 3.98. The normalized spacial score (nSPS) is 11.3. The predicted octanol–water partition coefficient (Wildman–Crippen LogP) is 4.24. The number of hydrogen-bond acceptors (Lipinski definition) is 2. The molecule has 0 aliphatic carbocycles. The van der Waals surface area contributed by atoms with Gasteiger partial charge in [0.05, 0.1) is 7.11 Å². The predicted molar refractivity (Wildman–Crippen MR) is 88.3 cm³/mol. The van der Waals surface area contributed by atoms with Crippen molar-refractivity contribution in [3.8, 4) is 16.9 Å². The lowest BCUT2D eigenvalue weighted by atomic mass is 9.99. The number of allylic oxidation sites excluding steroid dienone is 1. The van der Waals surface area contributed by atoms with E-state index in [1.807, 2.05) is 43.3 Å². The Hall–Kier alpha value is -2.55. The molecule has 0 heterocycles. The minimum atomic E-state index is -0.904. The van der Waals surface area contributed by atoms with Crippen molar-refractivity contribution in [3.05, 3.63) is 65.2 Å². The van der Waals surface area contributed by atoms with Crippen LogP contribution in [0.15, 0.2) is 54.1 Å². The summed E-state index contributed by atoms with van der Waals surface area (Å²) in [7, 11) is 1.67. The Morgan fingerprint density at radius 2 is 1.86 bits per heavy atom. The molecule has 22 heavy (non-hydrogen) atoms. The first-order chi connectivity index (χ1) is 10.5. The number of hydrogen-bond donors (Lipinski definition) is 1. The first kappa shape index (κ1) is 15.8. The molecule has 0 aliphatic heterocycles. The van der Waals surface area contributed by atoms with Gasteiger partial charge in [-0.25, -0.2) is 4.79 Å². The summed E-state index contributed by atoms with van der Waals surface area (Å²) in [6, 6.07) is 14.2. The van der Waals surface area contributed by atoms with Crippen LogP contribution in [0.4, 0.5) is 0 Å². The zero-order valence-electron chi connectivity index (χ0n) is 13.1. The largest absolute Gasteiger partial charge is 0.496 e. The van der Waals surface area contributed by atoms with E-state index in [0.29, 0.717) is 6.42 Å². The standard InChI is InChI=1S/C19H20O3/c1-13-4-9-18(22-3)17(11-13)16-7-5-15(6-8-16)10-14(2)12-19(20)21/h4-9,11-12H,10H2,1-3H3,(H,20,21)/b14-12+. The smallest absolute Gasteiger partial charge is 0.328 e. The monoisotopic (exact) mass is 296 g/mol. The number of benzene rings is 2. The van der Waals surface area contributed by atoms with Crippen molar-refractivity contribution in [2.24, 2.45) is 0 Å². The topological polar surface area (TPSA) is 46.5 Å². The number of aryl methyl sites for hydroxylation is 1. The van der Waals surface area contributed by atoms with Gasteiger partial charge >= 0.3 is 5.97 Å². The lowest BCUT2D eigenvalue weighted by molar-refractivity contribution is -0.131. The van der Waals surface area contributed by atoms with Gasteiger partial charge in [0, 0.05) is 11.6 Å². The molecule has 114 valence electrons. The van der Waals surface area contributed by atoms with Crippen molar-refractivity contribution >= 4 is 5.97 Å². The maximum Gasteiger partial charge on any atom is 0.328 e. The Kier molecular flexibility index (Phi) is 4.99. The molecular formula is C19H20O3. The van der Waals surface area contributed by atoms with Crippen LogP contribution in [0.3, 0.4) is 0 Å². The van der Waals surface area contributed by atoms with Crippen molar-refractivity contribution in [2.45, 2.75) is 20.3 Å². The molecule has 0 atom stereocenters. The van der Waals surface area contributed by atoms with Crippen LogP contribution in [0.5, 0.6) is 5.75 Å². The third-order valence-electron chi connectivity index (χ3n) is 3.47. The molecule has 0 saturated carbocycles. The average molecular weight is 296 g/mol. The van der Waals surface area contributed by atoms with Gasteiger partial charge in [0.2, 0.25) is 0 Å². The number of ether oxygens (including phenoxy) is 1. The summed E-state index contributed by atoms with van der Waals surface area (Å²) < 4.78 is 5.42. The van der Waals surface area contributed by atoms with E-state index in [4.69, 9.17) is 9.84 Å². The molecule has 0 unspecified atom stereocenters. The molecular weight excluding hydrogens is 276 g/mol. The Morgan fingerprint density at radius 3 is 2.45 bits per heavy atom. The van der Waals surface area contributed by atoms with Gasteiger partial charge in [0.15, 0.2) is 0 Å². The van der Waals surface area contributed by atoms with Gasteiger partial charge in [0.25, 0.3) is 0 Å². The van der Waals surface area contributed by atoms with Crippen LogP contribution in [0.1, 0.15) is 18.1 Å². The molecule has 0 aromatic heterocycles. The second-order valence-corrected chi connectivity index (χ2v) is 5.41. The number of carboxylic acids is 1. The van der Waals surface area contributed by atoms with E-state index in [1.165, 1.54) is 11.6 Å². The van der Waals surface area contributed by atoms with Crippen molar-refractivity contribution in [1.29, 1.82) is 0 Å². The van der Waals surface area contributed by atoms with Crippen molar-refractivity contribution in [3.63, 3.8) is 0 Å². The molecule has 0 saturated heterocycles. The zero-order chi connectivity index (χ0) is 16.1. The first-order valence-corrected chi connectivity index (χ1v) is 7.13. The summed E-state index contributed by atoms with van der Waals surface area (Å²) in [5.41, 5.74) is 5.25. The van der Waals surface area contributed by atoms with Crippen molar-refractivity contribution in [1.82, 2.24) is 0 Å². The molecule has 0 bridgehead atoms. The number of rotatable bonds is 5. The van der Waals surface area contributed by atoms with E-state index in [9.17, 15) is 4.79 Å². The second kappa shape index (κ2) is 6.94. The minimum absolute atomic E-state index is 0.636. The van der Waals surface area contributed by atoms with Crippen LogP contribution in [0, 0.1) is 6.92 Å². The molecule has 3 heteroatoms.